The van der Waals surface area contributed by atoms with Gasteiger partial charge in [-0.15, -0.1) is 0 Å². The SMILES string of the molecule is COc1ccc(Cl)cc1CC(=O)CN1CCc2nc3ccccc3c(NCC(=O)N3CCN(C(C)C)CC3)c2C1. The molecule has 3 heterocycles. The summed E-state index contributed by atoms with van der Waals surface area (Å²) in [5.41, 5.74) is 4.75. The van der Waals surface area contributed by atoms with Crippen LogP contribution in [-0.4, -0.2) is 90.3 Å². The molecule has 5 rings (SSSR count). The average molecular weight is 564 g/mol. The maximum absolute atomic E-state index is 13.2. The lowest BCUT2D eigenvalue weighted by Crippen LogP contribution is -2.51. The van der Waals surface area contributed by atoms with E-state index in [1.807, 2.05) is 29.2 Å². The van der Waals surface area contributed by atoms with Crippen LogP contribution < -0.4 is 10.1 Å². The van der Waals surface area contributed by atoms with Crippen LogP contribution in [0.4, 0.5) is 5.69 Å². The van der Waals surface area contributed by atoms with Gasteiger partial charge in [0.2, 0.25) is 5.91 Å². The molecule has 1 amide bonds. The molecule has 1 aromatic heterocycles. The zero-order chi connectivity index (χ0) is 28.2. The number of amides is 1. The van der Waals surface area contributed by atoms with Crippen molar-refractivity contribution in [3.8, 4) is 5.75 Å². The normalized spacial score (nSPS) is 16.3. The highest BCUT2D eigenvalue weighted by Gasteiger charge is 2.26. The summed E-state index contributed by atoms with van der Waals surface area (Å²) in [6.07, 6.45) is 1.00. The van der Waals surface area contributed by atoms with E-state index in [2.05, 4.69) is 29.0 Å². The first-order valence-corrected chi connectivity index (χ1v) is 14.4. The first kappa shape index (κ1) is 28.3. The summed E-state index contributed by atoms with van der Waals surface area (Å²) < 4.78 is 5.43. The lowest BCUT2D eigenvalue weighted by molar-refractivity contribution is -0.131. The van der Waals surface area contributed by atoms with Gasteiger partial charge >= 0.3 is 0 Å². The fraction of sp³-hybridized carbons (Fsp3) is 0.452. The Balaban J connectivity index is 1.30. The summed E-state index contributed by atoms with van der Waals surface area (Å²) in [6.45, 7) is 9.59. The minimum absolute atomic E-state index is 0.1000. The van der Waals surface area contributed by atoms with Gasteiger partial charge in [0.15, 0.2) is 5.78 Å². The number of nitrogens with zero attached hydrogens (tertiary/aromatic N) is 4. The Morgan fingerprint density at radius 2 is 1.85 bits per heavy atom. The largest absolute Gasteiger partial charge is 0.496 e. The van der Waals surface area contributed by atoms with Crippen LogP contribution >= 0.6 is 11.6 Å². The minimum atomic E-state index is 0.1000. The lowest BCUT2D eigenvalue weighted by atomic mass is 9.99. The second-order valence-corrected chi connectivity index (χ2v) is 11.4. The van der Waals surface area contributed by atoms with E-state index < -0.39 is 0 Å². The number of aromatic nitrogens is 1. The number of rotatable bonds is 9. The van der Waals surface area contributed by atoms with Crippen LogP contribution in [0.1, 0.15) is 30.7 Å². The standard InChI is InChI=1S/C31H38ClN5O3/c1-21(2)36-12-14-37(15-13-36)30(39)18-33-31-25-6-4-5-7-27(25)34-28-10-11-35(20-26(28)31)19-24(38)17-22-16-23(32)8-9-29(22)40-3/h4-9,16,21H,10-15,17-20H2,1-3H3,(H,33,34). The number of hydrogen-bond donors (Lipinski definition) is 1. The monoisotopic (exact) mass is 563 g/mol. The molecule has 0 atom stereocenters. The third-order valence-corrected chi connectivity index (χ3v) is 8.20. The van der Waals surface area contributed by atoms with Gasteiger partial charge in [0.05, 0.1) is 31.4 Å². The molecule has 2 aromatic carbocycles. The van der Waals surface area contributed by atoms with E-state index in [9.17, 15) is 9.59 Å². The number of para-hydroxylation sites is 1. The van der Waals surface area contributed by atoms with Gasteiger partial charge in [0.1, 0.15) is 5.75 Å². The maximum Gasteiger partial charge on any atom is 0.241 e. The molecule has 9 heteroatoms. The molecule has 0 aliphatic carbocycles. The molecule has 1 N–H and O–H groups in total. The second-order valence-electron chi connectivity index (χ2n) is 10.9. The van der Waals surface area contributed by atoms with Gasteiger partial charge in [-0.25, -0.2) is 0 Å². The molecule has 1 saturated heterocycles. The van der Waals surface area contributed by atoms with Crippen molar-refractivity contribution >= 4 is 39.9 Å². The minimum Gasteiger partial charge on any atom is -0.496 e. The van der Waals surface area contributed by atoms with E-state index in [4.69, 9.17) is 21.3 Å². The number of nitrogens with one attached hydrogen (secondary N) is 1. The van der Waals surface area contributed by atoms with Gasteiger partial charge in [-0.05, 0) is 38.1 Å². The number of hydrogen-bond acceptors (Lipinski definition) is 7. The van der Waals surface area contributed by atoms with E-state index >= 15 is 0 Å². The summed E-state index contributed by atoms with van der Waals surface area (Å²) in [5.74, 6) is 0.874. The highest BCUT2D eigenvalue weighted by Crippen LogP contribution is 2.32. The maximum atomic E-state index is 13.2. The number of halogens is 1. The molecule has 0 spiro atoms. The van der Waals surface area contributed by atoms with Crippen LogP contribution in [0.2, 0.25) is 5.02 Å². The summed E-state index contributed by atoms with van der Waals surface area (Å²) in [4.78, 5) is 37.7. The van der Waals surface area contributed by atoms with Crippen molar-refractivity contribution in [2.24, 2.45) is 0 Å². The third-order valence-electron chi connectivity index (χ3n) is 7.97. The number of ether oxygens (including phenoxy) is 1. The van der Waals surface area contributed by atoms with Gasteiger partial charge in [0.25, 0.3) is 0 Å². The molecular formula is C31H38ClN5O3. The van der Waals surface area contributed by atoms with Crippen LogP contribution in [0.25, 0.3) is 10.9 Å². The third kappa shape index (κ3) is 6.40. The van der Waals surface area contributed by atoms with Crippen molar-refractivity contribution in [2.75, 3.05) is 58.2 Å². The summed E-state index contributed by atoms with van der Waals surface area (Å²) in [5, 5.41) is 5.07. The van der Waals surface area contributed by atoms with Gasteiger partial charge in [-0.2, -0.15) is 0 Å². The molecule has 0 saturated carbocycles. The Morgan fingerprint density at radius 3 is 2.60 bits per heavy atom. The molecule has 0 radical (unpaired) electrons. The Morgan fingerprint density at radius 1 is 1.07 bits per heavy atom. The zero-order valence-corrected chi connectivity index (χ0v) is 24.3. The van der Waals surface area contributed by atoms with Crippen molar-refractivity contribution < 1.29 is 14.3 Å². The highest BCUT2D eigenvalue weighted by atomic mass is 35.5. The number of ketones is 1. The number of carbonyl (C=O) groups excluding carboxylic acids is 2. The van der Waals surface area contributed by atoms with Gasteiger partial charge in [-0.1, -0.05) is 29.8 Å². The van der Waals surface area contributed by atoms with E-state index in [-0.39, 0.29) is 24.7 Å². The number of pyridine rings is 1. The Kier molecular flexibility index (Phi) is 8.88. The molecule has 2 aliphatic rings. The van der Waals surface area contributed by atoms with Crippen molar-refractivity contribution in [3.63, 3.8) is 0 Å². The number of carbonyl (C=O) groups is 2. The number of benzene rings is 2. The Hall–Kier alpha value is -3.20. The first-order chi connectivity index (χ1) is 19.3. The summed E-state index contributed by atoms with van der Waals surface area (Å²) >= 11 is 6.17. The van der Waals surface area contributed by atoms with Crippen molar-refractivity contribution in [2.45, 2.75) is 39.3 Å². The number of methoxy groups -OCH3 is 1. The lowest BCUT2D eigenvalue weighted by Gasteiger charge is -2.37. The molecule has 8 nitrogen and oxygen atoms in total. The van der Waals surface area contributed by atoms with E-state index in [1.165, 1.54) is 0 Å². The van der Waals surface area contributed by atoms with Gasteiger partial charge in [-0.3, -0.25) is 24.4 Å². The van der Waals surface area contributed by atoms with Crippen molar-refractivity contribution in [1.29, 1.82) is 0 Å². The van der Waals surface area contributed by atoms with Crippen molar-refractivity contribution in [3.05, 3.63) is 64.3 Å². The molecular weight excluding hydrogens is 526 g/mol. The molecule has 0 bridgehead atoms. The summed E-state index contributed by atoms with van der Waals surface area (Å²) in [7, 11) is 1.60. The van der Waals surface area contributed by atoms with Gasteiger partial charge < -0.3 is 15.0 Å². The average Bonchev–Trinajstić information content (AvgIpc) is 2.95. The number of fused-ring (bicyclic) bond motifs is 2. The van der Waals surface area contributed by atoms with Crippen LogP contribution in [0, 0.1) is 0 Å². The van der Waals surface area contributed by atoms with Crippen LogP contribution in [-0.2, 0) is 29.0 Å². The first-order valence-electron chi connectivity index (χ1n) is 14.0. The van der Waals surface area contributed by atoms with Gasteiger partial charge in [0, 0.05) is 85.4 Å². The second kappa shape index (κ2) is 12.5. The Bertz CT molecular complexity index is 1390. The Labute approximate surface area is 241 Å². The topological polar surface area (TPSA) is 78.0 Å². The molecule has 1 fully saturated rings. The number of piperazine rings is 1. The van der Waals surface area contributed by atoms with Crippen LogP contribution in [0.5, 0.6) is 5.75 Å². The molecule has 40 heavy (non-hydrogen) atoms. The fourth-order valence-corrected chi connectivity index (χ4v) is 5.94. The smallest absolute Gasteiger partial charge is 0.241 e. The summed E-state index contributed by atoms with van der Waals surface area (Å²) in [6, 6.07) is 13.9. The predicted octanol–water partition coefficient (Wildman–Crippen LogP) is 4.03. The van der Waals surface area contributed by atoms with E-state index in [1.54, 1.807) is 25.3 Å². The van der Waals surface area contributed by atoms with Crippen LogP contribution in [0.15, 0.2) is 42.5 Å². The van der Waals surface area contributed by atoms with Crippen LogP contribution in [0.3, 0.4) is 0 Å². The van der Waals surface area contributed by atoms with Crippen molar-refractivity contribution in [1.82, 2.24) is 19.7 Å². The number of anilines is 1. The highest BCUT2D eigenvalue weighted by molar-refractivity contribution is 6.30. The fourth-order valence-electron chi connectivity index (χ4n) is 5.75. The predicted molar refractivity (Wildman–Crippen MR) is 159 cm³/mol. The zero-order valence-electron chi connectivity index (χ0n) is 23.6. The van der Waals surface area contributed by atoms with E-state index in [0.717, 1.165) is 72.6 Å². The molecule has 212 valence electrons. The molecule has 3 aromatic rings. The molecule has 0 unspecified atom stereocenters. The van der Waals surface area contributed by atoms with E-state index in [0.29, 0.717) is 29.9 Å². The molecule has 2 aliphatic heterocycles. The number of Topliss-reactive ketones (excluding diaryl/α,β-unsaturated/α-hetero) is 1. The quantitative estimate of drug-likeness (QED) is 0.421.